The van der Waals surface area contributed by atoms with Crippen molar-refractivity contribution in [3.05, 3.63) is 48.0 Å². The Morgan fingerprint density at radius 1 is 1.23 bits per heavy atom. The molecule has 30 heavy (non-hydrogen) atoms. The molecule has 2 heterocycles. The lowest BCUT2D eigenvalue weighted by Crippen LogP contribution is -2.45. The molecular formula is C20H24N4O5S. The smallest absolute Gasteiger partial charge is 0.246 e. The Bertz CT molecular complexity index is 1120. The van der Waals surface area contributed by atoms with E-state index in [1.165, 1.54) is 20.8 Å². The number of para-hydroxylation sites is 1. The minimum Gasteiger partial charge on any atom is -0.491 e. The van der Waals surface area contributed by atoms with Crippen LogP contribution >= 0.6 is 0 Å². The minimum atomic E-state index is -3.91. The summed E-state index contributed by atoms with van der Waals surface area (Å²) < 4.78 is 38.0. The lowest BCUT2D eigenvalue weighted by atomic mass is 10.2. The number of pyridine rings is 1. The summed E-state index contributed by atoms with van der Waals surface area (Å²) in [5, 5.41) is 7.33. The average molecular weight is 433 g/mol. The van der Waals surface area contributed by atoms with Crippen molar-refractivity contribution in [1.29, 1.82) is 0 Å². The van der Waals surface area contributed by atoms with Gasteiger partial charge in [-0.25, -0.2) is 8.42 Å². The van der Waals surface area contributed by atoms with E-state index in [0.717, 1.165) is 10.9 Å². The summed E-state index contributed by atoms with van der Waals surface area (Å²) in [5.74, 6) is 0.421. The summed E-state index contributed by atoms with van der Waals surface area (Å²) >= 11 is 0. The van der Waals surface area contributed by atoms with E-state index in [0.29, 0.717) is 25.3 Å². The zero-order valence-corrected chi connectivity index (χ0v) is 17.8. The first-order valence-corrected chi connectivity index (χ1v) is 11.0. The van der Waals surface area contributed by atoms with Crippen molar-refractivity contribution < 1.29 is 22.5 Å². The first-order chi connectivity index (χ1) is 14.3. The number of nitrogens with zero attached hydrogens (tertiary/aromatic N) is 2. The molecule has 0 saturated heterocycles. The number of aromatic nitrogens is 2. The van der Waals surface area contributed by atoms with Crippen molar-refractivity contribution in [2.45, 2.75) is 38.1 Å². The van der Waals surface area contributed by atoms with E-state index in [1.807, 2.05) is 30.3 Å². The number of ether oxygens (including phenoxy) is 1. The third-order valence-corrected chi connectivity index (χ3v) is 6.22. The van der Waals surface area contributed by atoms with Crippen LogP contribution in [0.25, 0.3) is 10.9 Å². The van der Waals surface area contributed by atoms with Crippen molar-refractivity contribution >= 4 is 26.8 Å². The molecule has 2 N–H and O–H groups in total. The first kappa shape index (κ1) is 21.7. The number of hydrogen-bond acceptors (Lipinski definition) is 7. The average Bonchev–Trinajstić information content (AvgIpc) is 3.06. The molecule has 1 amide bonds. The summed E-state index contributed by atoms with van der Waals surface area (Å²) in [7, 11) is -3.91. The van der Waals surface area contributed by atoms with E-state index < -0.39 is 22.0 Å². The van der Waals surface area contributed by atoms with E-state index in [4.69, 9.17) is 9.26 Å². The van der Waals surface area contributed by atoms with Gasteiger partial charge in [0.1, 0.15) is 21.9 Å². The molecule has 0 aliphatic rings. The molecule has 10 heteroatoms. The largest absolute Gasteiger partial charge is 0.491 e. The van der Waals surface area contributed by atoms with Crippen LogP contribution in [-0.4, -0.2) is 43.7 Å². The van der Waals surface area contributed by atoms with Crippen LogP contribution in [0.3, 0.4) is 0 Å². The Balaban J connectivity index is 1.46. The Morgan fingerprint density at radius 3 is 2.73 bits per heavy atom. The highest BCUT2D eigenvalue weighted by molar-refractivity contribution is 7.89. The third kappa shape index (κ3) is 4.95. The molecule has 3 aromatic rings. The second kappa shape index (κ2) is 9.23. The number of hydrogen-bond donors (Lipinski definition) is 2. The third-order valence-electron chi connectivity index (χ3n) is 4.44. The van der Waals surface area contributed by atoms with Crippen LogP contribution in [0.2, 0.25) is 0 Å². The fourth-order valence-electron chi connectivity index (χ4n) is 3.02. The predicted octanol–water partition coefficient (Wildman–Crippen LogP) is 2.09. The van der Waals surface area contributed by atoms with Gasteiger partial charge < -0.3 is 14.6 Å². The molecule has 1 aromatic carbocycles. The van der Waals surface area contributed by atoms with E-state index in [-0.39, 0.29) is 16.3 Å². The van der Waals surface area contributed by atoms with E-state index in [1.54, 1.807) is 6.20 Å². The Hall–Kier alpha value is -2.98. The molecular weight excluding hydrogens is 408 g/mol. The summed E-state index contributed by atoms with van der Waals surface area (Å²) in [6, 6.07) is 8.57. The molecule has 0 radical (unpaired) electrons. The topological polar surface area (TPSA) is 123 Å². The van der Waals surface area contributed by atoms with Crippen LogP contribution in [0.5, 0.6) is 5.75 Å². The Kier molecular flexibility index (Phi) is 6.68. The molecule has 9 nitrogen and oxygen atoms in total. The Morgan fingerprint density at radius 2 is 2.00 bits per heavy atom. The fourth-order valence-corrected chi connectivity index (χ4v) is 4.55. The van der Waals surface area contributed by atoms with E-state index in [9.17, 15) is 13.2 Å². The maximum atomic E-state index is 12.5. The van der Waals surface area contributed by atoms with Crippen molar-refractivity contribution in [1.82, 2.24) is 20.2 Å². The van der Waals surface area contributed by atoms with Gasteiger partial charge in [0, 0.05) is 18.1 Å². The molecule has 0 spiro atoms. The van der Waals surface area contributed by atoms with Crippen molar-refractivity contribution in [3.8, 4) is 5.75 Å². The van der Waals surface area contributed by atoms with Gasteiger partial charge in [-0.3, -0.25) is 9.78 Å². The molecule has 0 saturated carbocycles. The first-order valence-electron chi connectivity index (χ1n) is 9.49. The van der Waals surface area contributed by atoms with Crippen molar-refractivity contribution in [2.75, 3.05) is 13.2 Å². The molecule has 160 valence electrons. The minimum absolute atomic E-state index is 0.0424. The van der Waals surface area contributed by atoms with Crippen LogP contribution in [0, 0.1) is 13.8 Å². The molecule has 0 aliphatic heterocycles. The summed E-state index contributed by atoms with van der Waals surface area (Å²) in [6.07, 6.45) is 2.26. The number of sulfonamides is 1. The molecule has 0 unspecified atom stereocenters. The molecule has 3 rings (SSSR count). The van der Waals surface area contributed by atoms with Gasteiger partial charge in [0.25, 0.3) is 0 Å². The number of carbonyl (C=O) groups is 1. The van der Waals surface area contributed by atoms with Gasteiger partial charge in [-0.1, -0.05) is 23.4 Å². The number of fused-ring (bicyclic) bond motifs is 1. The molecule has 2 aromatic heterocycles. The number of aryl methyl sites for hydroxylation is 2. The maximum absolute atomic E-state index is 12.5. The highest BCUT2D eigenvalue weighted by Crippen LogP contribution is 2.23. The van der Waals surface area contributed by atoms with E-state index in [2.05, 4.69) is 20.2 Å². The van der Waals surface area contributed by atoms with Crippen LogP contribution < -0.4 is 14.8 Å². The van der Waals surface area contributed by atoms with Gasteiger partial charge in [-0.05, 0) is 39.3 Å². The van der Waals surface area contributed by atoms with Crippen LogP contribution in [0.1, 0.15) is 24.8 Å². The standard InChI is InChI=1S/C20H24N4O5S/c1-13-19(15(3)29-23-13)30(26,27)24-14(2)20(25)22-11-6-12-28-17-9-4-7-16-8-5-10-21-18(16)17/h4-5,7-10,14,24H,6,11-12H2,1-3H3,(H,22,25)/t14-/m0/s1. The maximum Gasteiger partial charge on any atom is 0.246 e. The monoisotopic (exact) mass is 432 g/mol. The van der Waals surface area contributed by atoms with Gasteiger partial charge in [0.05, 0.1) is 12.6 Å². The summed E-state index contributed by atoms with van der Waals surface area (Å²) in [5.41, 5.74) is 1.03. The molecule has 1 atom stereocenters. The van der Waals surface area contributed by atoms with Crippen LogP contribution in [-0.2, 0) is 14.8 Å². The zero-order valence-electron chi connectivity index (χ0n) is 17.0. The second-order valence-electron chi connectivity index (χ2n) is 6.82. The van der Waals surface area contributed by atoms with Gasteiger partial charge >= 0.3 is 0 Å². The summed E-state index contributed by atoms with van der Waals surface area (Å²) in [4.78, 5) is 16.5. The van der Waals surface area contributed by atoms with Gasteiger partial charge in [-0.15, -0.1) is 0 Å². The molecule has 0 fully saturated rings. The quantitative estimate of drug-likeness (QED) is 0.496. The number of benzene rings is 1. The molecule has 0 aliphatic carbocycles. The number of carbonyl (C=O) groups excluding carboxylic acids is 1. The number of amides is 1. The molecule has 0 bridgehead atoms. The predicted molar refractivity (Wildman–Crippen MR) is 111 cm³/mol. The second-order valence-corrected chi connectivity index (χ2v) is 8.47. The van der Waals surface area contributed by atoms with Crippen molar-refractivity contribution in [3.63, 3.8) is 0 Å². The van der Waals surface area contributed by atoms with Gasteiger partial charge in [0.2, 0.25) is 15.9 Å². The van der Waals surface area contributed by atoms with E-state index >= 15 is 0 Å². The highest BCUT2D eigenvalue weighted by Gasteiger charge is 2.27. The van der Waals surface area contributed by atoms with Crippen LogP contribution in [0.15, 0.2) is 45.9 Å². The fraction of sp³-hybridized carbons (Fsp3) is 0.350. The van der Waals surface area contributed by atoms with Gasteiger partial charge in [-0.2, -0.15) is 4.72 Å². The van der Waals surface area contributed by atoms with Crippen molar-refractivity contribution in [2.24, 2.45) is 0 Å². The Labute approximate surface area is 174 Å². The lowest BCUT2D eigenvalue weighted by Gasteiger charge is -2.14. The summed E-state index contributed by atoms with van der Waals surface area (Å²) in [6.45, 7) is 5.24. The normalized spacial score (nSPS) is 12.6. The lowest BCUT2D eigenvalue weighted by molar-refractivity contribution is -0.122. The highest BCUT2D eigenvalue weighted by atomic mass is 32.2. The zero-order chi connectivity index (χ0) is 21.7. The SMILES string of the molecule is Cc1noc(C)c1S(=O)(=O)N[C@@H](C)C(=O)NCCCOc1cccc2cccnc12. The van der Waals surface area contributed by atoms with Gasteiger partial charge in [0.15, 0.2) is 5.76 Å². The van der Waals surface area contributed by atoms with Crippen LogP contribution in [0.4, 0.5) is 0 Å². The number of rotatable bonds is 9. The number of nitrogens with one attached hydrogen (secondary N) is 2.